The summed E-state index contributed by atoms with van der Waals surface area (Å²) in [5.74, 6) is 1.35. The molecule has 3 heterocycles. The van der Waals surface area contributed by atoms with Gasteiger partial charge in [-0.05, 0) is 62.1 Å². The molecule has 210 valence electrons. The largest absolute Gasteiger partial charge is 0.497 e. The van der Waals surface area contributed by atoms with Crippen molar-refractivity contribution < 1.29 is 27.4 Å². The van der Waals surface area contributed by atoms with E-state index in [9.17, 15) is 13.2 Å². The molecule has 1 amide bonds. The van der Waals surface area contributed by atoms with E-state index < -0.39 is 10.0 Å². The number of methoxy groups -OCH3 is 1. The molecule has 2 fully saturated rings. The van der Waals surface area contributed by atoms with Crippen LogP contribution in [-0.2, 0) is 19.6 Å². The minimum atomic E-state index is -3.72. The Labute approximate surface area is 231 Å². The zero-order chi connectivity index (χ0) is 26.4. The van der Waals surface area contributed by atoms with E-state index in [1.807, 2.05) is 12.1 Å². The fourth-order valence-corrected chi connectivity index (χ4v) is 7.31. The minimum Gasteiger partial charge on any atom is -0.497 e. The first-order valence-corrected chi connectivity index (χ1v) is 14.3. The second-order valence-corrected chi connectivity index (χ2v) is 11.6. The highest BCUT2D eigenvalue weighted by Crippen LogP contribution is 2.32. The molecule has 4 rings (SSSR count). The number of ether oxygens (including phenoxy) is 3. The summed E-state index contributed by atoms with van der Waals surface area (Å²) in [4.78, 5) is 18.9. The molecule has 38 heavy (non-hydrogen) atoms. The summed E-state index contributed by atoms with van der Waals surface area (Å²) in [6, 6.07) is 6.86. The van der Waals surface area contributed by atoms with Crippen LogP contribution in [-0.4, -0.2) is 80.6 Å². The standard InChI is InChI=1S/C27H37N3O6S.ClH/c1-20-16-25(34-3)17-21(2)27(20)37(32,33)30-13-5-4-6-22(30)18-35-19-26(31)29-14-9-24(10-15-29)36-23-7-11-28-12-8-23;/h7-8,11-12,16-17,22,24H,4-6,9-10,13-15,18-19H2,1-3H3;1H. The quantitative estimate of drug-likeness (QED) is 0.455. The number of amides is 1. The van der Waals surface area contributed by atoms with Gasteiger partial charge < -0.3 is 19.1 Å². The number of likely N-dealkylation sites (tertiary alicyclic amines) is 1. The fourth-order valence-electron chi connectivity index (χ4n) is 5.22. The van der Waals surface area contributed by atoms with Gasteiger partial charge in [0, 0.05) is 50.9 Å². The Morgan fingerprint density at radius 2 is 1.66 bits per heavy atom. The number of hydrogen-bond donors (Lipinski definition) is 0. The van der Waals surface area contributed by atoms with Crippen molar-refractivity contribution in [3.8, 4) is 11.5 Å². The summed E-state index contributed by atoms with van der Waals surface area (Å²) in [5.41, 5.74) is 1.32. The second-order valence-electron chi connectivity index (χ2n) is 9.75. The van der Waals surface area contributed by atoms with Crippen molar-refractivity contribution in [2.75, 3.05) is 40.0 Å². The number of pyridine rings is 1. The Bertz CT molecular complexity index is 1150. The van der Waals surface area contributed by atoms with E-state index in [0.29, 0.717) is 47.8 Å². The summed E-state index contributed by atoms with van der Waals surface area (Å²) >= 11 is 0. The van der Waals surface area contributed by atoms with Gasteiger partial charge in [0.25, 0.3) is 0 Å². The number of carbonyl (C=O) groups excluding carboxylic acids is 1. The van der Waals surface area contributed by atoms with Crippen molar-refractivity contribution in [3.63, 3.8) is 0 Å². The summed E-state index contributed by atoms with van der Waals surface area (Å²) < 4.78 is 46.0. The van der Waals surface area contributed by atoms with Crippen molar-refractivity contribution in [2.45, 2.75) is 63.0 Å². The molecule has 9 nitrogen and oxygen atoms in total. The molecule has 0 N–H and O–H groups in total. The van der Waals surface area contributed by atoms with Crippen LogP contribution >= 0.6 is 12.4 Å². The van der Waals surface area contributed by atoms with Gasteiger partial charge in [0.1, 0.15) is 24.2 Å². The Hall–Kier alpha value is -2.40. The number of piperidine rings is 2. The summed E-state index contributed by atoms with van der Waals surface area (Å²) in [6.07, 6.45) is 7.41. The number of sulfonamides is 1. The Morgan fingerprint density at radius 1 is 1.00 bits per heavy atom. The van der Waals surface area contributed by atoms with E-state index in [0.717, 1.165) is 31.4 Å². The van der Waals surface area contributed by atoms with Crippen LogP contribution in [0.25, 0.3) is 0 Å². The van der Waals surface area contributed by atoms with Gasteiger partial charge >= 0.3 is 0 Å². The molecule has 0 spiro atoms. The van der Waals surface area contributed by atoms with Crippen LogP contribution in [0.2, 0.25) is 0 Å². The van der Waals surface area contributed by atoms with E-state index in [2.05, 4.69) is 4.98 Å². The lowest BCUT2D eigenvalue weighted by Crippen LogP contribution is -2.47. The average molecular weight is 568 g/mol. The lowest BCUT2D eigenvalue weighted by atomic mass is 10.1. The molecule has 0 bridgehead atoms. The topological polar surface area (TPSA) is 98.3 Å². The van der Waals surface area contributed by atoms with Gasteiger partial charge in [0.2, 0.25) is 15.9 Å². The highest BCUT2D eigenvalue weighted by atomic mass is 35.5. The van der Waals surface area contributed by atoms with E-state index in [1.165, 1.54) is 0 Å². The van der Waals surface area contributed by atoms with Crippen molar-refractivity contribution in [2.24, 2.45) is 0 Å². The first kappa shape index (κ1) is 30.1. The zero-order valence-corrected chi connectivity index (χ0v) is 23.9. The normalized spacial score (nSPS) is 19.0. The van der Waals surface area contributed by atoms with Crippen LogP contribution in [0.3, 0.4) is 0 Å². The lowest BCUT2D eigenvalue weighted by Gasteiger charge is -2.35. The third kappa shape index (κ3) is 7.16. The third-order valence-electron chi connectivity index (χ3n) is 7.09. The maximum absolute atomic E-state index is 13.7. The van der Waals surface area contributed by atoms with E-state index >= 15 is 0 Å². The van der Waals surface area contributed by atoms with Crippen molar-refractivity contribution in [1.82, 2.24) is 14.2 Å². The Morgan fingerprint density at radius 3 is 2.29 bits per heavy atom. The highest BCUT2D eigenvalue weighted by Gasteiger charge is 2.36. The van der Waals surface area contributed by atoms with Crippen LogP contribution < -0.4 is 9.47 Å². The molecular formula is C27H38ClN3O6S. The van der Waals surface area contributed by atoms with Gasteiger partial charge in [-0.1, -0.05) is 6.42 Å². The molecule has 0 saturated carbocycles. The number of aryl methyl sites for hydroxylation is 2. The zero-order valence-electron chi connectivity index (χ0n) is 22.3. The molecule has 2 aromatic rings. The first-order chi connectivity index (χ1) is 17.8. The fraction of sp³-hybridized carbons (Fsp3) is 0.556. The number of carbonyl (C=O) groups is 1. The molecule has 1 aromatic carbocycles. The molecular weight excluding hydrogens is 530 g/mol. The average Bonchev–Trinajstić information content (AvgIpc) is 2.89. The van der Waals surface area contributed by atoms with Crippen LogP contribution in [0.1, 0.15) is 43.2 Å². The van der Waals surface area contributed by atoms with Gasteiger partial charge in [-0.15, -0.1) is 12.4 Å². The molecule has 1 unspecified atom stereocenters. The van der Waals surface area contributed by atoms with Gasteiger partial charge in [-0.3, -0.25) is 9.78 Å². The van der Waals surface area contributed by atoms with Crippen LogP contribution in [0, 0.1) is 13.8 Å². The molecule has 1 aromatic heterocycles. The smallest absolute Gasteiger partial charge is 0.248 e. The number of hydrogen-bond acceptors (Lipinski definition) is 7. The lowest BCUT2D eigenvalue weighted by molar-refractivity contribution is -0.138. The Kier molecular flexibility index (Phi) is 10.8. The first-order valence-electron chi connectivity index (χ1n) is 12.9. The maximum Gasteiger partial charge on any atom is 0.248 e. The molecule has 11 heteroatoms. The molecule has 1 atom stereocenters. The predicted octanol–water partition coefficient (Wildman–Crippen LogP) is 3.76. The summed E-state index contributed by atoms with van der Waals surface area (Å²) in [5, 5.41) is 0. The number of rotatable bonds is 9. The monoisotopic (exact) mass is 567 g/mol. The highest BCUT2D eigenvalue weighted by molar-refractivity contribution is 7.89. The van der Waals surface area contributed by atoms with Gasteiger partial charge in [-0.2, -0.15) is 4.31 Å². The Balaban J connectivity index is 0.00000400. The SMILES string of the molecule is COc1cc(C)c(S(=O)(=O)N2CCCCC2COCC(=O)N2CCC(Oc3ccncc3)CC2)c(C)c1.Cl. The molecule has 2 saturated heterocycles. The number of benzene rings is 1. The third-order valence-corrected chi connectivity index (χ3v) is 9.35. The van der Waals surface area contributed by atoms with Gasteiger partial charge in [-0.25, -0.2) is 8.42 Å². The minimum absolute atomic E-state index is 0. The molecule has 2 aliphatic heterocycles. The van der Waals surface area contributed by atoms with Crippen molar-refractivity contribution in [1.29, 1.82) is 0 Å². The molecule has 0 aliphatic carbocycles. The number of aromatic nitrogens is 1. The maximum atomic E-state index is 13.7. The summed E-state index contributed by atoms with van der Waals surface area (Å²) in [7, 11) is -2.15. The number of halogens is 1. The molecule has 2 aliphatic rings. The van der Waals surface area contributed by atoms with Crippen molar-refractivity contribution >= 4 is 28.3 Å². The summed E-state index contributed by atoms with van der Waals surface area (Å²) in [6.45, 7) is 5.39. The van der Waals surface area contributed by atoms with Crippen LogP contribution in [0.4, 0.5) is 0 Å². The van der Waals surface area contributed by atoms with E-state index in [4.69, 9.17) is 14.2 Å². The number of nitrogens with zero attached hydrogens (tertiary/aromatic N) is 3. The van der Waals surface area contributed by atoms with Gasteiger partial charge in [0.05, 0.1) is 18.6 Å². The van der Waals surface area contributed by atoms with Crippen molar-refractivity contribution in [3.05, 3.63) is 47.8 Å². The van der Waals surface area contributed by atoms with E-state index in [1.54, 1.807) is 54.7 Å². The van der Waals surface area contributed by atoms with Gasteiger partial charge in [0.15, 0.2) is 0 Å². The van der Waals surface area contributed by atoms with Crippen LogP contribution in [0.15, 0.2) is 41.6 Å². The second kappa shape index (κ2) is 13.6. The van der Waals surface area contributed by atoms with Crippen LogP contribution in [0.5, 0.6) is 11.5 Å². The van der Waals surface area contributed by atoms with E-state index in [-0.39, 0.29) is 43.7 Å². The molecule has 0 radical (unpaired) electrons. The predicted molar refractivity (Wildman–Crippen MR) is 147 cm³/mol.